The summed E-state index contributed by atoms with van der Waals surface area (Å²) in [7, 11) is 0. The highest BCUT2D eigenvalue weighted by Gasteiger charge is 2.18. The molecule has 1 saturated carbocycles. The molecule has 0 radical (unpaired) electrons. The maximum Gasteiger partial charge on any atom is 0.322 e. The first-order valence-corrected chi connectivity index (χ1v) is 8.48. The van der Waals surface area contributed by atoms with Gasteiger partial charge in [-0.05, 0) is 49.6 Å². The highest BCUT2D eigenvalue weighted by Crippen LogP contribution is 2.25. The van der Waals surface area contributed by atoms with Crippen LogP contribution in [0.15, 0.2) is 0 Å². The van der Waals surface area contributed by atoms with E-state index >= 15 is 0 Å². The maximum absolute atomic E-state index is 6.02. The van der Waals surface area contributed by atoms with Crippen molar-refractivity contribution in [2.45, 2.75) is 51.4 Å². The second kappa shape index (κ2) is 7.25. The van der Waals surface area contributed by atoms with Gasteiger partial charge in [0.05, 0.1) is 6.61 Å². The fraction of sp³-hybridized carbons (Fsp3) is 0.800. The van der Waals surface area contributed by atoms with E-state index in [0.717, 1.165) is 13.1 Å². The van der Waals surface area contributed by atoms with E-state index in [-0.39, 0.29) is 5.28 Å². The fourth-order valence-corrected chi connectivity index (χ4v) is 3.32. The smallest absolute Gasteiger partial charge is 0.322 e. The lowest BCUT2D eigenvalue weighted by Crippen LogP contribution is -2.31. The first-order chi connectivity index (χ1) is 10.3. The number of hydrogen-bond donors (Lipinski definition) is 0. The van der Waals surface area contributed by atoms with E-state index < -0.39 is 0 Å². The number of ether oxygens (including phenoxy) is 1. The monoisotopic (exact) mass is 310 g/mol. The molecule has 1 saturated heterocycles. The Kier molecular flexibility index (Phi) is 5.12. The van der Waals surface area contributed by atoms with Gasteiger partial charge in [0.25, 0.3) is 0 Å². The predicted molar refractivity (Wildman–Crippen MR) is 83.0 cm³/mol. The van der Waals surface area contributed by atoms with Crippen LogP contribution < -0.4 is 9.64 Å². The van der Waals surface area contributed by atoms with Crippen molar-refractivity contribution in [1.82, 2.24) is 15.0 Å². The number of aromatic nitrogens is 3. The SMILES string of the molecule is Clc1nc(OCC2CCCCC2)nc(N2CCCCC2)n1. The average Bonchev–Trinajstić information content (AvgIpc) is 2.54. The molecule has 3 rings (SSSR count). The summed E-state index contributed by atoms with van der Waals surface area (Å²) < 4.78 is 5.78. The molecule has 0 atom stereocenters. The number of halogens is 1. The van der Waals surface area contributed by atoms with E-state index in [4.69, 9.17) is 16.3 Å². The molecule has 116 valence electrons. The van der Waals surface area contributed by atoms with Crippen molar-refractivity contribution < 1.29 is 4.74 Å². The summed E-state index contributed by atoms with van der Waals surface area (Å²) in [6, 6.07) is 0.376. The first-order valence-electron chi connectivity index (χ1n) is 8.10. The zero-order chi connectivity index (χ0) is 14.5. The summed E-state index contributed by atoms with van der Waals surface area (Å²) in [5.74, 6) is 1.29. The Bertz CT molecular complexity index is 459. The van der Waals surface area contributed by atoms with Crippen molar-refractivity contribution in [1.29, 1.82) is 0 Å². The minimum absolute atomic E-state index is 0.226. The molecular weight excluding hydrogens is 288 g/mol. The summed E-state index contributed by atoms with van der Waals surface area (Å²) in [4.78, 5) is 15.0. The maximum atomic E-state index is 6.02. The van der Waals surface area contributed by atoms with E-state index in [1.54, 1.807) is 0 Å². The van der Waals surface area contributed by atoms with Crippen molar-refractivity contribution in [3.05, 3.63) is 5.28 Å². The van der Waals surface area contributed by atoms with Crippen LogP contribution in [0.3, 0.4) is 0 Å². The van der Waals surface area contributed by atoms with Crippen molar-refractivity contribution >= 4 is 17.5 Å². The molecular formula is C15H23ClN4O. The quantitative estimate of drug-likeness (QED) is 0.852. The number of anilines is 1. The fourth-order valence-electron chi connectivity index (χ4n) is 3.17. The van der Waals surface area contributed by atoms with Crippen LogP contribution >= 0.6 is 11.6 Å². The van der Waals surface area contributed by atoms with Crippen LogP contribution in [0.5, 0.6) is 6.01 Å². The van der Waals surface area contributed by atoms with Crippen LogP contribution in [-0.4, -0.2) is 34.6 Å². The normalized spacial score (nSPS) is 20.5. The molecule has 2 fully saturated rings. The van der Waals surface area contributed by atoms with E-state index in [1.807, 2.05) is 0 Å². The van der Waals surface area contributed by atoms with Crippen LogP contribution in [0.2, 0.25) is 5.28 Å². The minimum Gasteiger partial charge on any atom is -0.463 e. The van der Waals surface area contributed by atoms with E-state index in [0.29, 0.717) is 24.5 Å². The molecule has 2 heterocycles. The van der Waals surface area contributed by atoms with Gasteiger partial charge in [0.1, 0.15) is 0 Å². The number of rotatable bonds is 4. The Hall–Kier alpha value is -1.10. The summed E-state index contributed by atoms with van der Waals surface area (Å²) in [5, 5.41) is 0.226. The predicted octanol–water partition coefficient (Wildman–Crippen LogP) is 3.47. The van der Waals surface area contributed by atoms with Crippen LogP contribution in [-0.2, 0) is 0 Å². The second-order valence-electron chi connectivity index (χ2n) is 6.05. The molecule has 2 aliphatic rings. The summed E-state index contributed by atoms with van der Waals surface area (Å²) in [5.41, 5.74) is 0. The standard InChI is InChI=1S/C15H23ClN4O/c16-13-17-14(20-9-5-2-6-10-20)19-15(18-13)21-11-12-7-3-1-4-8-12/h12H,1-11H2. The second-order valence-corrected chi connectivity index (χ2v) is 6.39. The van der Waals surface area contributed by atoms with Gasteiger partial charge in [0.2, 0.25) is 11.2 Å². The average molecular weight is 311 g/mol. The van der Waals surface area contributed by atoms with E-state index in [9.17, 15) is 0 Å². The number of hydrogen-bond acceptors (Lipinski definition) is 5. The minimum atomic E-state index is 0.226. The van der Waals surface area contributed by atoms with Gasteiger partial charge in [-0.1, -0.05) is 19.3 Å². The third-order valence-electron chi connectivity index (χ3n) is 4.39. The van der Waals surface area contributed by atoms with Crippen molar-refractivity contribution in [3.8, 4) is 6.01 Å². The third kappa shape index (κ3) is 4.19. The van der Waals surface area contributed by atoms with Gasteiger partial charge >= 0.3 is 6.01 Å². The Morgan fingerprint density at radius 2 is 1.67 bits per heavy atom. The van der Waals surface area contributed by atoms with Gasteiger partial charge in [-0.15, -0.1) is 0 Å². The summed E-state index contributed by atoms with van der Waals surface area (Å²) in [6.07, 6.45) is 10.1. The van der Waals surface area contributed by atoms with Crippen molar-refractivity contribution in [2.75, 3.05) is 24.6 Å². The zero-order valence-corrected chi connectivity index (χ0v) is 13.2. The summed E-state index contributed by atoms with van der Waals surface area (Å²) >= 11 is 6.02. The molecule has 1 aliphatic carbocycles. The molecule has 1 aromatic heterocycles. The molecule has 6 heteroatoms. The first kappa shape index (κ1) is 14.8. The number of nitrogens with zero attached hydrogens (tertiary/aromatic N) is 4. The van der Waals surface area contributed by atoms with Gasteiger partial charge in [0, 0.05) is 13.1 Å². The largest absolute Gasteiger partial charge is 0.463 e. The van der Waals surface area contributed by atoms with Crippen molar-refractivity contribution in [3.63, 3.8) is 0 Å². The molecule has 1 aromatic rings. The van der Waals surface area contributed by atoms with Gasteiger partial charge in [-0.2, -0.15) is 15.0 Å². The van der Waals surface area contributed by atoms with Crippen LogP contribution in [0.25, 0.3) is 0 Å². The molecule has 21 heavy (non-hydrogen) atoms. The third-order valence-corrected chi connectivity index (χ3v) is 4.56. The van der Waals surface area contributed by atoms with Gasteiger partial charge in [-0.25, -0.2) is 0 Å². The molecule has 0 spiro atoms. The van der Waals surface area contributed by atoms with Gasteiger partial charge < -0.3 is 9.64 Å². The van der Waals surface area contributed by atoms with E-state index in [2.05, 4.69) is 19.9 Å². The van der Waals surface area contributed by atoms with Gasteiger partial charge in [-0.3, -0.25) is 0 Å². The molecule has 0 unspecified atom stereocenters. The van der Waals surface area contributed by atoms with Crippen molar-refractivity contribution in [2.24, 2.45) is 5.92 Å². The highest BCUT2D eigenvalue weighted by molar-refractivity contribution is 6.28. The van der Waals surface area contributed by atoms with Gasteiger partial charge in [0.15, 0.2) is 0 Å². The molecule has 0 amide bonds. The molecule has 5 nitrogen and oxygen atoms in total. The molecule has 0 aromatic carbocycles. The van der Waals surface area contributed by atoms with Crippen LogP contribution in [0, 0.1) is 5.92 Å². The highest BCUT2D eigenvalue weighted by atomic mass is 35.5. The lowest BCUT2D eigenvalue weighted by molar-refractivity contribution is 0.196. The molecule has 0 N–H and O–H groups in total. The molecule has 1 aliphatic heterocycles. The lowest BCUT2D eigenvalue weighted by Gasteiger charge is -2.26. The number of piperidine rings is 1. The topological polar surface area (TPSA) is 51.1 Å². The molecule has 0 bridgehead atoms. The Balaban J connectivity index is 1.62. The van der Waals surface area contributed by atoms with Crippen LogP contribution in [0.1, 0.15) is 51.4 Å². The van der Waals surface area contributed by atoms with E-state index in [1.165, 1.54) is 51.4 Å². The lowest BCUT2D eigenvalue weighted by atomic mass is 9.90. The Morgan fingerprint density at radius 1 is 0.952 bits per heavy atom. The Labute approximate surface area is 131 Å². The summed E-state index contributed by atoms with van der Waals surface area (Å²) in [6.45, 7) is 2.67. The zero-order valence-electron chi connectivity index (χ0n) is 12.4. The van der Waals surface area contributed by atoms with Crippen LogP contribution in [0.4, 0.5) is 5.95 Å². The Morgan fingerprint density at radius 3 is 2.43 bits per heavy atom.